The Morgan fingerprint density at radius 1 is 1.00 bits per heavy atom. The second kappa shape index (κ2) is 7.73. The fourth-order valence-electron chi connectivity index (χ4n) is 2.91. The molecule has 1 fully saturated rings. The molecule has 138 valence electrons. The van der Waals surface area contributed by atoms with Gasteiger partial charge in [-0.3, -0.25) is 4.79 Å². The lowest BCUT2D eigenvalue weighted by Gasteiger charge is -2.34. The first-order chi connectivity index (χ1) is 12.4. The summed E-state index contributed by atoms with van der Waals surface area (Å²) < 4.78 is 40.4. The quantitative estimate of drug-likeness (QED) is 0.798. The lowest BCUT2D eigenvalue weighted by molar-refractivity contribution is 0.0693. The van der Waals surface area contributed by atoms with Crippen LogP contribution in [-0.2, 0) is 15.8 Å². The van der Waals surface area contributed by atoms with Gasteiger partial charge in [-0.05, 0) is 17.7 Å². The molecule has 0 spiro atoms. The number of benzene rings is 2. The summed E-state index contributed by atoms with van der Waals surface area (Å²) in [6.07, 6.45) is 0. The lowest BCUT2D eigenvalue weighted by atomic mass is 10.1. The van der Waals surface area contributed by atoms with Gasteiger partial charge in [0.2, 0.25) is 10.0 Å². The maximum absolute atomic E-state index is 13.9. The number of carbonyl (C=O) groups is 1. The van der Waals surface area contributed by atoms with Crippen LogP contribution in [0.25, 0.3) is 0 Å². The van der Waals surface area contributed by atoms with Crippen LogP contribution in [0.5, 0.6) is 0 Å². The van der Waals surface area contributed by atoms with Crippen LogP contribution in [0.1, 0.15) is 15.9 Å². The van der Waals surface area contributed by atoms with Crippen LogP contribution < -0.4 is 0 Å². The van der Waals surface area contributed by atoms with Gasteiger partial charge in [0.1, 0.15) is 5.82 Å². The minimum absolute atomic E-state index is 0.0501. The number of piperazine rings is 1. The van der Waals surface area contributed by atoms with Crippen molar-refractivity contribution in [1.82, 2.24) is 9.21 Å². The molecule has 0 N–H and O–H groups in total. The zero-order valence-corrected chi connectivity index (χ0v) is 15.5. The number of sulfonamides is 1. The number of halogens is 2. The van der Waals surface area contributed by atoms with Crippen molar-refractivity contribution in [2.45, 2.75) is 5.75 Å². The summed E-state index contributed by atoms with van der Waals surface area (Å²) in [5, 5.41) is 0.0501. The molecule has 8 heteroatoms. The molecule has 1 aliphatic rings. The highest BCUT2D eigenvalue weighted by atomic mass is 35.5. The molecule has 0 unspecified atom stereocenters. The van der Waals surface area contributed by atoms with Crippen LogP contribution in [-0.4, -0.2) is 49.7 Å². The highest BCUT2D eigenvalue weighted by Gasteiger charge is 2.30. The van der Waals surface area contributed by atoms with Gasteiger partial charge in [-0.2, -0.15) is 4.31 Å². The van der Waals surface area contributed by atoms with E-state index in [0.29, 0.717) is 5.56 Å². The van der Waals surface area contributed by atoms with Crippen molar-refractivity contribution in [3.63, 3.8) is 0 Å². The molecule has 0 aliphatic carbocycles. The number of nitrogens with zero attached hydrogens (tertiary/aromatic N) is 2. The zero-order valence-electron chi connectivity index (χ0n) is 13.9. The molecule has 26 heavy (non-hydrogen) atoms. The van der Waals surface area contributed by atoms with E-state index in [4.69, 9.17) is 11.6 Å². The van der Waals surface area contributed by atoms with Crippen molar-refractivity contribution in [2.75, 3.05) is 26.2 Å². The standard InChI is InChI=1S/C18H18ClFN2O3S/c19-15-7-4-8-16(20)17(15)18(23)21-9-11-22(12-10-21)26(24,25)13-14-5-2-1-3-6-14/h1-8H,9-13H2. The third kappa shape index (κ3) is 4.06. The Balaban J connectivity index is 1.66. The summed E-state index contributed by atoms with van der Waals surface area (Å²) >= 11 is 5.94. The van der Waals surface area contributed by atoms with E-state index in [1.807, 2.05) is 6.07 Å². The summed E-state index contributed by atoms with van der Waals surface area (Å²) in [6.45, 7) is 0.731. The fourth-order valence-corrected chi connectivity index (χ4v) is 4.67. The van der Waals surface area contributed by atoms with Gasteiger partial charge in [-0.25, -0.2) is 12.8 Å². The van der Waals surface area contributed by atoms with Gasteiger partial charge in [0.25, 0.3) is 5.91 Å². The van der Waals surface area contributed by atoms with Crippen molar-refractivity contribution >= 4 is 27.5 Å². The molecule has 1 aliphatic heterocycles. The van der Waals surface area contributed by atoms with Gasteiger partial charge in [-0.15, -0.1) is 0 Å². The van der Waals surface area contributed by atoms with E-state index in [1.54, 1.807) is 24.3 Å². The monoisotopic (exact) mass is 396 g/mol. The number of carbonyl (C=O) groups excluding carboxylic acids is 1. The molecule has 3 rings (SSSR count). The van der Waals surface area contributed by atoms with Crippen molar-refractivity contribution < 1.29 is 17.6 Å². The van der Waals surface area contributed by atoms with E-state index in [9.17, 15) is 17.6 Å². The van der Waals surface area contributed by atoms with E-state index >= 15 is 0 Å². The molecule has 1 heterocycles. The first-order valence-corrected chi connectivity index (χ1v) is 10.1. The molecule has 0 aromatic heterocycles. The highest BCUT2D eigenvalue weighted by Crippen LogP contribution is 2.22. The molecule has 2 aromatic carbocycles. The van der Waals surface area contributed by atoms with E-state index in [-0.39, 0.29) is 42.5 Å². The summed E-state index contributed by atoms with van der Waals surface area (Å²) in [6, 6.07) is 13.0. The Hall–Kier alpha value is -1.96. The average Bonchev–Trinajstić information content (AvgIpc) is 2.62. The van der Waals surface area contributed by atoms with Crippen molar-refractivity contribution in [3.05, 3.63) is 70.5 Å². The number of hydrogen-bond donors (Lipinski definition) is 0. The Labute approximate surface area is 157 Å². The van der Waals surface area contributed by atoms with Crippen molar-refractivity contribution in [1.29, 1.82) is 0 Å². The van der Waals surface area contributed by atoms with E-state index in [2.05, 4.69) is 0 Å². The molecule has 5 nitrogen and oxygen atoms in total. The van der Waals surface area contributed by atoms with Crippen molar-refractivity contribution in [2.24, 2.45) is 0 Å². The molecule has 1 amide bonds. The van der Waals surface area contributed by atoms with E-state index in [1.165, 1.54) is 27.4 Å². The first-order valence-electron chi connectivity index (χ1n) is 8.13. The molecule has 0 atom stereocenters. The largest absolute Gasteiger partial charge is 0.336 e. The average molecular weight is 397 g/mol. The lowest BCUT2D eigenvalue weighted by Crippen LogP contribution is -2.50. The number of rotatable bonds is 4. The number of amides is 1. The van der Waals surface area contributed by atoms with Gasteiger partial charge in [0.15, 0.2) is 0 Å². The Morgan fingerprint density at radius 2 is 1.65 bits per heavy atom. The van der Waals surface area contributed by atoms with Gasteiger partial charge in [0.05, 0.1) is 16.3 Å². The fraction of sp³-hybridized carbons (Fsp3) is 0.278. The van der Waals surface area contributed by atoms with Gasteiger partial charge in [-0.1, -0.05) is 48.0 Å². The third-order valence-corrected chi connectivity index (χ3v) is 6.45. The molecule has 0 bridgehead atoms. The van der Waals surface area contributed by atoms with Gasteiger partial charge < -0.3 is 4.90 Å². The molecule has 2 aromatic rings. The van der Waals surface area contributed by atoms with Crippen LogP contribution in [0.4, 0.5) is 4.39 Å². The summed E-state index contributed by atoms with van der Waals surface area (Å²) in [7, 11) is -3.47. The van der Waals surface area contributed by atoms with Gasteiger partial charge >= 0.3 is 0 Å². The SMILES string of the molecule is O=C(c1c(F)cccc1Cl)N1CCN(S(=O)(=O)Cc2ccccc2)CC1. The van der Waals surface area contributed by atoms with Crippen LogP contribution in [0.3, 0.4) is 0 Å². The highest BCUT2D eigenvalue weighted by molar-refractivity contribution is 7.88. The second-order valence-electron chi connectivity index (χ2n) is 6.03. The van der Waals surface area contributed by atoms with Crippen molar-refractivity contribution in [3.8, 4) is 0 Å². The molecule has 0 saturated carbocycles. The van der Waals surface area contributed by atoms with Crippen LogP contribution >= 0.6 is 11.6 Å². The minimum Gasteiger partial charge on any atom is -0.336 e. The summed E-state index contributed by atoms with van der Waals surface area (Å²) in [4.78, 5) is 14.0. The second-order valence-corrected chi connectivity index (χ2v) is 8.41. The number of hydrogen-bond acceptors (Lipinski definition) is 3. The molecular weight excluding hydrogens is 379 g/mol. The van der Waals surface area contributed by atoms with Gasteiger partial charge in [0, 0.05) is 26.2 Å². The predicted octanol–water partition coefficient (Wildman–Crippen LogP) is 2.77. The topological polar surface area (TPSA) is 57.7 Å². The third-order valence-electron chi connectivity index (χ3n) is 4.29. The smallest absolute Gasteiger partial charge is 0.258 e. The Bertz CT molecular complexity index is 878. The zero-order chi connectivity index (χ0) is 18.7. The first kappa shape index (κ1) is 18.8. The summed E-state index contributed by atoms with van der Waals surface area (Å²) in [5.74, 6) is -1.28. The van der Waals surface area contributed by atoms with E-state index < -0.39 is 21.7 Å². The summed E-state index contributed by atoms with van der Waals surface area (Å²) in [5.41, 5.74) is 0.541. The maximum atomic E-state index is 13.9. The Morgan fingerprint density at radius 3 is 2.27 bits per heavy atom. The van der Waals surface area contributed by atoms with Crippen LogP contribution in [0.15, 0.2) is 48.5 Å². The maximum Gasteiger partial charge on any atom is 0.258 e. The Kier molecular flexibility index (Phi) is 5.60. The predicted molar refractivity (Wildman–Crippen MR) is 98.0 cm³/mol. The molecule has 0 radical (unpaired) electrons. The minimum atomic E-state index is -3.47. The normalized spacial score (nSPS) is 15.8. The van der Waals surface area contributed by atoms with Crippen LogP contribution in [0, 0.1) is 5.82 Å². The molecular formula is C18H18ClFN2O3S. The van der Waals surface area contributed by atoms with E-state index in [0.717, 1.165) is 0 Å². The van der Waals surface area contributed by atoms with Crippen LogP contribution in [0.2, 0.25) is 5.02 Å². The molecule has 1 saturated heterocycles.